The third kappa shape index (κ3) is 5.46. The van der Waals surface area contributed by atoms with Gasteiger partial charge in [-0.05, 0) is 6.92 Å². The summed E-state index contributed by atoms with van der Waals surface area (Å²) in [6, 6.07) is -3.01. The van der Waals surface area contributed by atoms with Gasteiger partial charge in [0.1, 0.15) is 48.2 Å². The molecule has 1 aliphatic carbocycles. The topological polar surface area (TPSA) is 324 Å². The van der Waals surface area contributed by atoms with Crippen LogP contribution < -0.4 is 42.7 Å². The van der Waals surface area contributed by atoms with E-state index >= 15 is 0 Å². The van der Waals surface area contributed by atoms with Gasteiger partial charge in [-0.1, -0.05) is 0 Å². The van der Waals surface area contributed by atoms with E-state index in [-0.39, 0.29) is 0 Å². The maximum atomic E-state index is 11.2. The lowest BCUT2D eigenvalue weighted by molar-refractivity contribution is -0.598. The highest BCUT2D eigenvalue weighted by Crippen LogP contribution is 2.37. The molecule has 0 bridgehead atoms. The summed E-state index contributed by atoms with van der Waals surface area (Å²) < 4.78 is 26.5. The molecule has 0 unspecified atom stereocenters. The number of phosphoric ester groups is 1. The van der Waals surface area contributed by atoms with Gasteiger partial charge in [0, 0.05) is 0 Å². The zero-order valence-electron chi connectivity index (χ0n) is 16.8. The molecular weight excluding hydrogens is 459 g/mol. The van der Waals surface area contributed by atoms with Crippen LogP contribution in [0.2, 0.25) is 0 Å². The van der Waals surface area contributed by atoms with Gasteiger partial charge in [-0.3, -0.25) is 32.9 Å². The van der Waals surface area contributed by atoms with Crippen molar-refractivity contribution in [3.63, 3.8) is 0 Å². The molecule has 186 valence electrons. The predicted molar refractivity (Wildman–Crippen MR) is 98.0 cm³/mol. The lowest BCUT2D eigenvalue weighted by Gasteiger charge is -2.46. The minimum Gasteiger partial charge on any atom is -0.790 e. The number of phosphoric acid groups is 1. The number of rotatable bonds is 7. The van der Waals surface area contributed by atoms with Gasteiger partial charge in [-0.2, -0.15) is 0 Å². The van der Waals surface area contributed by atoms with Crippen LogP contribution in [0, 0.1) is 0 Å². The molecule has 15 N–H and O–H groups in total. The van der Waals surface area contributed by atoms with Crippen molar-refractivity contribution in [1.29, 1.82) is 0 Å². The number of aliphatic hydroxyl groups is 5. The number of aliphatic hydroxyl groups excluding tert-OH is 4. The smallest absolute Gasteiger partial charge is 0.339 e. The van der Waals surface area contributed by atoms with Gasteiger partial charge >= 0.3 is 11.9 Å². The molecule has 2 fully saturated rings. The van der Waals surface area contributed by atoms with Crippen molar-refractivity contribution in [3.05, 3.63) is 0 Å². The van der Waals surface area contributed by atoms with Crippen LogP contribution in [0.3, 0.4) is 0 Å². The number of ether oxygens (including phenoxy) is 2. The zero-order valence-corrected chi connectivity index (χ0v) is 17.7. The second-order valence-electron chi connectivity index (χ2n) is 7.59. The number of nitrogens with two attached hydrogens (primary N) is 4. The van der Waals surface area contributed by atoms with E-state index in [1.807, 2.05) is 0 Å². The van der Waals surface area contributed by atoms with Crippen LogP contribution in [0.25, 0.3) is 0 Å². The average Bonchev–Trinajstić information content (AvgIpc) is 2.88. The number of guanidine groups is 2. The van der Waals surface area contributed by atoms with Crippen LogP contribution >= 0.6 is 7.82 Å². The molecule has 1 aliphatic heterocycles. The molecule has 0 aromatic carbocycles. The molecule has 18 heteroatoms. The Morgan fingerprint density at radius 1 is 1.06 bits per heavy atom. The SMILES string of the molecule is C[C@@H]1O[C@@H](O[C@H]2[C@H](O)[C@@H](OP(=O)([O-])[O-])[C@H]([NH+]=C(N)N)[C@@H](O)[C@@H]2[NH+]=C(N)N)[C@H](O)[C@@]1(O)CO. The van der Waals surface area contributed by atoms with Gasteiger partial charge in [0.05, 0.1) is 20.5 Å². The van der Waals surface area contributed by atoms with E-state index in [1.165, 1.54) is 6.92 Å². The molecule has 2 aliphatic rings. The van der Waals surface area contributed by atoms with Crippen LogP contribution in [0.4, 0.5) is 0 Å². The Hall–Kier alpha value is -1.63. The zero-order chi connectivity index (χ0) is 24.6. The fraction of sp³-hybridized carbons (Fsp3) is 0.857. The Morgan fingerprint density at radius 3 is 1.97 bits per heavy atom. The molecule has 1 saturated heterocycles. The number of hydrogen-bond donors (Lipinski definition) is 11. The molecule has 0 amide bonds. The molecule has 0 radical (unpaired) electrons. The van der Waals surface area contributed by atoms with E-state index in [4.69, 9.17) is 32.4 Å². The van der Waals surface area contributed by atoms with Crippen LogP contribution in [0.5, 0.6) is 0 Å². The highest BCUT2D eigenvalue weighted by Gasteiger charge is 2.58. The average molecular weight is 488 g/mol. The van der Waals surface area contributed by atoms with Crippen molar-refractivity contribution < 1.29 is 63.9 Å². The first-order valence-corrected chi connectivity index (χ1v) is 10.8. The largest absolute Gasteiger partial charge is 0.790 e. The molecule has 32 heavy (non-hydrogen) atoms. The fourth-order valence-corrected chi connectivity index (χ4v) is 4.29. The number of nitrogens with one attached hydrogen (secondary N) is 2. The Labute approximate surface area is 181 Å². The Balaban J connectivity index is 2.47. The summed E-state index contributed by atoms with van der Waals surface area (Å²) >= 11 is 0. The Bertz CT molecular complexity index is 774. The minimum atomic E-state index is -5.72. The quantitative estimate of drug-likeness (QED) is 0.0899. The summed E-state index contributed by atoms with van der Waals surface area (Å²) in [6.45, 7) is 0.419. The van der Waals surface area contributed by atoms with Crippen molar-refractivity contribution >= 4 is 19.7 Å². The maximum Gasteiger partial charge on any atom is 0.339 e. The standard InChI is InChI=1S/C14H29N6O11P/c1-3-14(25,2-21)10(24)11(29-3)30-8-4(19-12(15)16)6(22)5(20-13(17)18)9(7(8)23)31-32(26,27)28/h3-11,21-25H,2H2,1H3,(H4,15,16,19)(H4,17,18,20)(H2,26,27,28)/t3-,4-,5+,6-,7-,8+,9-,10-,11-,14+/m0/s1. The third-order valence-electron chi connectivity index (χ3n) is 5.39. The molecule has 0 spiro atoms. The van der Waals surface area contributed by atoms with E-state index in [9.17, 15) is 39.9 Å². The fourth-order valence-electron chi connectivity index (χ4n) is 3.74. The summed E-state index contributed by atoms with van der Waals surface area (Å²) in [6.07, 6.45) is -12.1. The van der Waals surface area contributed by atoms with E-state index in [0.29, 0.717) is 0 Å². The van der Waals surface area contributed by atoms with Gasteiger partial charge in [0.25, 0.3) is 0 Å². The first kappa shape index (κ1) is 26.6. The predicted octanol–water partition coefficient (Wildman–Crippen LogP) is -11.4. The van der Waals surface area contributed by atoms with Crippen molar-refractivity contribution in [2.45, 2.75) is 67.5 Å². The van der Waals surface area contributed by atoms with Gasteiger partial charge < -0.3 is 53.9 Å². The molecule has 0 aromatic heterocycles. The third-order valence-corrected chi connectivity index (χ3v) is 5.89. The van der Waals surface area contributed by atoms with Gasteiger partial charge in [-0.15, -0.1) is 0 Å². The summed E-state index contributed by atoms with van der Waals surface area (Å²) in [4.78, 5) is 27.2. The van der Waals surface area contributed by atoms with Crippen molar-refractivity contribution in [2.75, 3.05) is 6.61 Å². The van der Waals surface area contributed by atoms with Crippen LogP contribution in [0.1, 0.15) is 6.92 Å². The summed E-state index contributed by atoms with van der Waals surface area (Å²) in [5, 5.41) is 51.7. The second-order valence-corrected chi connectivity index (χ2v) is 8.70. The van der Waals surface area contributed by atoms with Gasteiger partial charge in [0.2, 0.25) is 0 Å². The monoisotopic (exact) mass is 488 g/mol. The molecule has 1 heterocycles. The Kier molecular flexibility index (Phi) is 8.07. The minimum absolute atomic E-state index is 0.455. The summed E-state index contributed by atoms with van der Waals surface area (Å²) in [7, 11) is -5.72. The van der Waals surface area contributed by atoms with Crippen LogP contribution in [-0.2, 0) is 18.6 Å². The lowest BCUT2D eigenvalue weighted by Crippen LogP contribution is -3.00. The molecule has 0 aromatic rings. The molecule has 10 atom stereocenters. The Morgan fingerprint density at radius 2 is 1.56 bits per heavy atom. The van der Waals surface area contributed by atoms with Crippen molar-refractivity contribution in [2.24, 2.45) is 22.9 Å². The molecule has 2 rings (SSSR count). The van der Waals surface area contributed by atoms with Gasteiger partial charge in [-0.25, -0.2) is 0 Å². The van der Waals surface area contributed by atoms with E-state index in [1.54, 1.807) is 0 Å². The van der Waals surface area contributed by atoms with E-state index in [2.05, 4.69) is 14.5 Å². The van der Waals surface area contributed by atoms with Gasteiger partial charge in [0.15, 0.2) is 6.29 Å². The van der Waals surface area contributed by atoms with Crippen molar-refractivity contribution in [3.8, 4) is 0 Å². The normalized spacial score (nSPS) is 42.4. The maximum absolute atomic E-state index is 11.2. The van der Waals surface area contributed by atoms with Crippen LogP contribution in [0.15, 0.2) is 0 Å². The van der Waals surface area contributed by atoms with E-state index < -0.39 is 86.9 Å². The summed E-state index contributed by atoms with van der Waals surface area (Å²) in [5.41, 5.74) is 19.4. The second kappa shape index (κ2) is 9.70. The lowest BCUT2D eigenvalue weighted by atomic mass is 9.81. The first-order chi connectivity index (χ1) is 14.6. The molecule has 17 nitrogen and oxygen atoms in total. The van der Waals surface area contributed by atoms with Crippen molar-refractivity contribution in [1.82, 2.24) is 0 Å². The first-order valence-electron chi connectivity index (χ1n) is 9.30. The summed E-state index contributed by atoms with van der Waals surface area (Å²) in [5.74, 6) is -0.968. The molecule has 1 saturated carbocycles. The molecular formula is C14H29N6O11P. The highest BCUT2D eigenvalue weighted by molar-refractivity contribution is 7.43. The number of hydrogen-bond acceptors (Lipinski definition) is 11. The van der Waals surface area contributed by atoms with Crippen LogP contribution in [-0.4, -0.2) is 105 Å². The highest BCUT2D eigenvalue weighted by atomic mass is 31.2. The van der Waals surface area contributed by atoms with E-state index in [0.717, 1.165) is 0 Å².